The van der Waals surface area contributed by atoms with Gasteiger partial charge in [0, 0.05) is 24.3 Å². The predicted molar refractivity (Wildman–Crippen MR) is 79.6 cm³/mol. The summed E-state index contributed by atoms with van der Waals surface area (Å²) in [4.78, 5) is 20.4. The Hall–Kier alpha value is -1.56. The van der Waals surface area contributed by atoms with Crippen LogP contribution < -0.4 is 0 Å². The minimum atomic E-state index is -0.446. The molecule has 2 aromatic heterocycles. The topological polar surface area (TPSA) is 56.5 Å². The molecule has 0 fully saturated rings. The third kappa shape index (κ3) is 3.96. The second-order valence-electron chi connectivity index (χ2n) is 5.55. The third-order valence-corrected chi connectivity index (χ3v) is 3.66. The maximum absolute atomic E-state index is 11.9. The number of hydrogen-bond donors (Lipinski definition) is 0. The fourth-order valence-corrected chi connectivity index (χ4v) is 2.36. The summed E-state index contributed by atoms with van der Waals surface area (Å²) in [6, 6.07) is 1.86. The summed E-state index contributed by atoms with van der Waals surface area (Å²) in [7, 11) is 0. The summed E-state index contributed by atoms with van der Waals surface area (Å²) < 4.78 is 7.22. The van der Waals surface area contributed by atoms with E-state index in [1.165, 1.54) is 11.8 Å². The van der Waals surface area contributed by atoms with Gasteiger partial charge >= 0.3 is 5.97 Å². The molecule has 1 atom stereocenters. The van der Waals surface area contributed by atoms with Gasteiger partial charge in [0.1, 0.15) is 5.60 Å². The van der Waals surface area contributed by atoms with Crippen LogP contribution in [0.5, 0.6) is 0 Å². The molecule has 0 saturated heterocycles. The summed E-state index contributed by atoms with van der Waals surface area (Å²) in [5.41, 5.74) is 0.461. The molecule has 20 heavy (non-hydrogen) atoms. The van der Waals surface area contributed by atoms with Gasteiger partial charge in [0.05, 0.1) is 10.9 Å². The molecule has 0 aliphatic heterocycles. The zero-order valence-electron chi connectivity index (χ0n) is 12.2. The maximum atomic E-state index is 11.9. The lowest BCUT2D eigenvalue weighted by Gasteiger charge is -2.21. The van der Waals surface area contributed by atoms with Crippen molar-refractivity contribution >= 4 is 23.5 Å². The highest BCUT2D eigenvalue weighted by molar-refractivity contribution is 7.99. The number of imidazole rings is 1. The number of carbonyl (C=O) groups is 1. The summed E-state index contributed by atoms with van der Waals surface area (Å²) >= 11 is 1.52. The highest BCUT2D eigenvalue weighted by Gasteiger charge is 2.22. The third-order valence-electron chi connectivity index (χ3n) is 2.51. The number of fused-ring (bicyclic) bond motifs is 1. The van der Waals surface area contributed by atoms with E-state index in [-0.39, 0.29) is 11.2 Å². The van der Waals surface area contributed by atoms with Gasteiger partial charge in [-0.3, -0.25) is 9.20 Å². The van der Waals surface area contributed by atoms with Crippen molar-refractivity contribution in [3.05, 3.63) is 30.4 Å². The van der Waals surface area contributed by atoms with Crippen molar-refractivity contribution in [3.63, 3.8) is 0 Å². The van der Waals surface area contributed by atoms with Crippen molar-refractivity contribution in [3.8, 4) is 0 Å². The molecule has 0 amide bonds. The van der Waals surface area contributed by atoms with Crippen molar-refractivity contribution in [2.45, 2.75) is 44.3 Å². The molecule has 0 aliphatic carbocycles. The molecular formula is C14H19N3O2S. The monoisotopic (exact) mass is 293 g/mol. The van der Waals surface area contributed by atoms with E-state index >= 15 is 0 Å². The van der Waals surface area contributed by atoms with E-state index in [1.54, 1.807) is 6.20 Å². The molecule has 0 aliphatic rings. The van der Waals surface area contributed by atoms with Gasteiger partial charge in [0.25, 0.3) is 0 Å². The molecule has 0 N–H and O–H groups in total. The van der Waals surface area contributed by atoms with E-state index in [4.69, 9.17) is 4.74 Å². The van der Waals surface area contributed by atoms with Gasteiger partial charge < -0.3 is 4.74 Å². The average molecular weight is 293 g/mol. The van der Waals surface area contributed by atoms with E-state index in [0.717, 1.165) is 5.69 Å². The van der Waals surface area contributed by atoms with Crippen LogP contribution in [0.25, 0.3) is 5.78 Å². The van der Waals surface area contributed by atoms with Crippen LogP contribution in [0, 0.1) is 0 Å². The lowest BCUT2D eigenvalue weighted by molar-refractivity contribution is -0.153. The first-order valence-corrected chi connectivity index (χ1v) is 7.53. The largest absolute Gasteiger partial charge is 0.459 e. The molecule has 6 heteroatoms. The Morgan fingerprint density at radius 3 is 2.90 bits per heavy atom. The highest BCUT2D eigenvalue weighted by Crippen LogP contribution is 2.20. The second kappa shape index (κ2) is 5.83. The molecule has 5 nitrogen and oxygen atoms in total. The van der Waals surface area contributed by atoms with Crippen molar-refractivity contribution in [2.75, 3.05) is 0 Å². The quantitative estimate of drug-likeness (QED) is 0.811. The second-order valence-corrected chi connectivity index (χ2v) is 6.88. The van der Waals surface area contributed by atoms with Crippen molar-refractivity contribution < 1.29 is 9.53 Å². The zero-order valence-corrected chi connectivity index (χ0v) is 13.0. The van der Waals surface area contributed by atoms with E-state index in [9.17, 15) is 4.79 Å². The van der Waals surface area contributed by atoms with Crippen LogP contribution in [0.15, 0.2) is 24.7 Å². The van der Waals surface area contributed by atoms with Crippen LogP contribution in [0.3, 0.4) is 0 Å². The average Bonchev–Trinajstić information content (AvgIpc) is 2.76. The van der Waals surface area contributed by atoms with E-state index < -0.39 is 5.60 Å². The van der Waals surface area contributed by atoms with Crippen LogP contribution in [-0.2, 0) is 15.3 Å². The summed E-state index contributed by atoms with van der Waals surface area (Å²) in [6.45, 7) is 7.47. The van der Waals surface area contributed by atoms with E-state index in [0.29, 0.717) is 11.5 Å². The Kier molecular flexibility index (Phi) is 4.32. The van der Waals surface area contributed by atoms with E-state index in [1.807, 2.05) is 50.6 Å². The number of rotatable bonds is 4. The minimum Gasteiger partial charge on any atom is -0.459 e. The zero-order chi connectivity index (χ0) is 14.8. The van der Waals surface area contributed by atoms with Crippen LogP contribution in [-0.4, -0.2) is 31.2 Å². The number of nitrogens with zero attached hydrogens (tertiary/aromatic N) is 3. The van der Waals surface area contributed by atoms with E-state index in [2.05, 4.69) is 9.97 Å². The lowest BCUT2D eigenvalue weighted by atomic mass is 10.2. The number of esters is 1. The smallest absolute Gasteiger partial charge is 0.319 e. The van der Waals surface area contributed by atoms with Gasteiger partial charge in [-0.15, -0.1) is 11.8 Å². The summed E-state index contributed by atoms with van der Waals surface area (Å²) in [6.07, 6.45) is 5.54. The van der Waals surface area contributed by atoms with Gasteiger partial charge in [-0.1, -0.05) is 0 Å². The summed E-state index contributed by atoms with van der Waals surface area (Å²) in [5.74, 6) is 1.14. The SMILES string of the molecule is C[C@H](SCc1cn2cccnc2n1)C(=O)OC(C)(C)C. The van der Waals surface area contributed by atoms with Crippen molar-refractivity contribution in [1.82, 2.24) is 14.4 Å². The number of ether oxygens (including phenoxy) is 1. The maximum Gasteiger partial charge on any atom is 0.319 e. The van der Waals surface area contributed by atoms with Crippen LogP contribution in [0.1, 0.15) is 33.4 Å². The number of aromatic nitrogens is 3. The normalized spacial score (nSPS) is 13.4. The van der Waals surface area contributed by atoms with Crippen LogP contribution in [0.2, 0.25) is 0 Å². The van der Waals surface area contributed by atoms with Crippen molar-refractivity contribution in [1.29, 1.82) is 0 Å². The molecule has 0 spiro atoms. The Balaban J connectivity index is 1.93. The molecular weight excluding hydrogens is 274 g/mol. The fourth-order valence-electron chi connectivity index (χ4n) is 1.61. The standard InChI is InChI=1S/C14H19N3O2S/c1-10(12(18)19-14(2,3)4)20-9-11-8-17-7-5-6-15-13(17)16-11/h5-8,10H,9H2,1-4H3/t10-/m0/s1. The Morgan fingerprint density at radius 2 is 2.25 bits per heavy atom. The number of carbonyl (C=O) groups excluding carboxylic acids is 1. The first kappa shape index (κ1) is 14.8. The van der Waals surface area contributed by atoms with Gasteiger partial charge in [-0.05, 0) is 33.8 Å². The molecule has 0 bridgehead atoms. The molecule has 2 rings (SSSR count). The first-order chi connectivity index (χ1) is 9.35. The first-order valence-electron chi connectivity index (χ1n) is 6.48. The van der Waals surface area contributed by atoms with Crippen molar-refractivity contribution in [2.24, 2.45) is 0 Å². The van der Waals surface area contributed by atoms with Crippen LogP contribution >= 0.6 is 11.8 Å². The Morgan fingerprint density at radius 1 is 1.50 bits per heavy atom. The highest BCUT2D eigenvalue weighted by atomic mass is 32.2. The van der Waals surface area contributed by atoms with Crippen LogP contribution in [0.4, 0.5) is 0 Å². The fraction of sp³-hybridized carbons (Fsp3) is 0.500. The van der Waals surface area contributed by atoms with Gasteiger partial charge in [-0.25, -0.2) is 9.97 Å². The molecule has 0 aromatic carbocycles. The van der Waals surface area contributed by atoms with Gasteiger partial charge in [0.15, 0.2) is 0 Å². The summed E-state index contributed by atoms with van der Waals surface area (Å²) in [5, 5.41) is -0.216. The molecule has 2 aromatic rings. The lowest BCUT2D eigenvalue weighted by Crippen LogP contribution is -2.28. The Bertz CT molecular complexity index is 571. The predicted octanol–water partition coefficient (Wildman–Crippen LogP) is 2.69. The Labute approximate surface area is 122 Å². The minimum absolute atomic E-state index is 0.190. The van der Waals surface area contributed by atoms with Gasteiger partial charge in [-0.2, -0.15) is 0 Å². The molecule has 108 valence electrons. The van der Waals surface area contributed by atoms with Gasteiger partial charge in [0.2, 0.25) is 5.78 Å². The molecule has 0 saturated carbocycles. The molecule has 2 heterocycles. The number of thioether (sulfide) groups is 1. The molecule has 0 radical (unpaired) electrons. The molecule has 0 unspecified atom stereocenters. The number of hydrogen-bond acceptors (Lipinski definition) is 5.